The Kier molecular flexibility index (Phi) is 7.04. The summed E-state index contributed by atoms with van der Waals surface area (Å²) >= 11 is 1.87. The van der Waals surface area contributed by atoms with Crippen LogP contribution in [-0.4, -0.2) is 0 Å². The van der Waals surface area contributed by atoms with Crippen LogP contribution in [0.5, 0.6) is 0 Å². The number of nitrogens with zero attached hydrogens (tertiary/aromatic N) is 1. The van der Waals surface area contributed by atoms with Crippen LogP contribution in [0.1, 0.15) is 0 Å². The number of hydrogen-bond donors (Lipinski definition) is 0. The molecule has 0 amide bonds. The zero-order valence-electron chi connectivity index (χ0n) is 27.7. The first kappa shape index (κ1) is 29.5. The van der Waals surface area contributed by atoms with E-state index in [0.717, 1.165) is 44.6 Å². The summed E-state index contributed by atoms with van der Waals surface area (Å²) in [5.74, 6) is 0. The Hall–Kier alpha value is -6.42. The van der Waals surface area contributed by atoms with Crippen LogP contribution in [0.4, 0.5) is 17.1 Å². The van der Waals surface area contributed by atoms with Gasteiger partial charge in [0.15, 0.2) is 0 Å². The van der Waals surface area contributed by atoms with E-state index in [4.69, 9.17) is 4.42 Å². The summed E-state index contributed by atoms with van der Waals surface area (Å²) in [5.41, 5.74) is 12.3. The number of rotatable bonds is 6. The number of thiophene rings is 1. The van der Waals surface area contributed by atoms with Crippen molar-refractivity contribution in [2.45, 2.75) is 0 Å². The fourth-order valence-corrected chi connectivity index (χ4v) is 8.82. The molecule has 10 rings (SSSR count). The molecule has 0 fully saturated rings. The Morgan fingerprint density at radius 3 is 1.76 bits per heavy atom. The first-order valence-corrected chi connectivity index (χ1v) is 18.1. The fourth-order valence-electron chi connectivity index (χ4n) is 7.59. The molecule has 0 unspecified atom stereocenters. The monoisotopic (exact) mass is 669 g/mol. The Balaban J connectivity index is 1.21. The maximum absolute atomic E-state index is 6.25. The molecule has 0 saturated heterocycles. The van der Waals surface area contributed by atoms with Crippen molar-refractivity contribution < 1.29 is 4.42 Å². The number of anilines is 3. The van der Waals surface area contributed by atoms with Gasteiger partial charge in [-0.15, -0.1) is 11.3 Å². The lowest BCUT2D eigenvalue weighted by atomic mass is 9.97. The van der Waals surface area contributed by atoms with Gasteiger partial charge in [-0.2, -0.15) is 0 Å². The van der Waals surface area contributed by atoms with Gasteiger partial charge in [-0.05, 0) is 70.3 Å². The van der Waals surface area contributed by atoms with Crippen molar-refractivity contribution in [3.8, 4) is 33.4 Å². The third-order valence-electron chi connectivity index (χ3n) is 9.90. The van der Waals surface area contributed by atoms with Gasteiger partial charge in [0.05, 0.1) is 16.1 Å². The topological polar surface area (TPSA) is 16.4 Å². The summed E-state index contributed by atoms with van der Waals surface area (Å²) in [6, 6.07) is 67.4. The predicted molar refractivity (Wildman–Crippen MR) is 218 cm³/mol. The number of furan rings is 1. The highest BCUT2D eigenvalue weighted by Gasteiger charge is 2.23. The molecule has 0 aliphatic carbocycles. The van der Waals surface area contributed by atoms with Crippen LogP contribution < -0.4 is 4.90 Å². The summed E-state index contributed by atoms with van der Waals surface area (Å²) in [7, 11) is 0. The summed E-state index contributed by atoms with van der Waals surface area (Å²) in [5, 5.41) is 4.86. The molecule has 0 aliphatic heterocycles. The van der Waals surface area contributed by atoms with E-state index in [0.29, 0.717) is 0 Å². The summed E-state index contributed by atoms with van der Waals surface area (Å²) < 4.78 is 8.79. The smallest absolute Gasteiger partial charge is 0.136 e. The Morgan fingerprint density at radius 2 is 0.961 bits per heavy atom. The molecule has 0 atom stereocenters. The van der Waals surface area contributed by atoms with Gasteiger partial charge in [0, 0.05) is 37.5 Å². The lowest BCUT2D eigenvalue weighted by molar-refractivity contribution is 0.669. The quantitative estimate of drug-likeness (QED) is 0.175. The van der Waals surface area contributed by atoms with E-state index < -0.39 is 0 Å². The number of para-hydroxylation sites is 2. The van der Waals surface area contributed by atoms with Crippen molar-refractivity contribution >= 4 is 70.5 Å². The SMILES string of the molecule is c1ccc(-c2ccccc2N(c2ccc(-c3cccc4oc5ccccc5c34)cc2)c2ccc(-c3ccccc3)c3c2sc2ccccc23)cc1. The van der Waals surface area contributed by atoms with E-state index in [1.807, 2.05) is 23.5 Å². The Morgan fingerprint density at radius 1 is 0.373 bits per heavy atom. The van der Waals surface area contributed by atoms with Crippen molar-refractivity contribution in [3.05, 3.63) is 188 Å². The molecule has 0 bridgehead atoms. The van der Waals surface area contributed by atoms with Crippen LogP contribution in [0, 0.1) is 0 Å². The van der Waals surface area contributed by atoms with Gasteiger partial charge in [0.1, 0.15) is 11.2 Å². The molecule has 0 radical (unpaired) electrons. The molecule has 3 heteroatoms. The lowest BCUT2D eigenvalue weighted by Gasteiger charge is -2.29. The first-order chi connectivity index (χ1) is 25.3. The van der Waals surface area contributed by atoms with Crippen molar-refractivity contribution in [2.24, 2.45) is 0 Å². The van der Waals surface area contributed by atoms with E-state index in [2.05, 4.69) is 181 Å². The average Bonchev–Trinajstić information content (AvgIpc) is 3.79. The molecule has 2 heterocycles. The Labute approximate surface area is 300 Å². The number of hydrogen-bond acceptors (Lipinski definition) is 3. The van der Waals surface area contributed by atoms with Crippen molar-refractivity contribution in [2.75, 3.05) is 4.90 Å². The van der Waals surface area contributed by atoms with Gasteiger partial charge in [0.25, 0.3) is 0 Å². The Bertz CT molecular complexity index is 2850. The predicted octanol–water partition coefficient (Wildman–Crippen LogP) is 14.4. The standard InChI is InChI=1S/C48H31NOS/c1-3-14-32(15-4-1)36-18-7-10-22-41(36)49(35-28-26-34(27-29-35)37-21-13-24-44-46(37)39-19-8-11-23-43(39)50-44)42-31-30-38(33-16-5-2-6-17-33)47-40-20-9-12-25-45(40)51-48(42)47/h1-31H. The molecular weight excluding hydrogens is 639 g/mol. The molecule has 0 spiro atoms. The second-order valence-corrected chi connectivity index (χ2v) is 13.9. The first-order valence-electron chi connectivity index (χ1n) is 17.3. The second-order valence-electron chi connectivity index (χ2n) is 12.8. The van der Waals surface area contributed by atoms with Crippen LogP contribution in [0.25, 0.3) is 75.5 Å². The normalized spacial score (nSPS) is 11.5. The number of fused-ring (bicyclic) bond motifs is 6. The largest absolute Gasteiger partial charge is 0.456 e. The van der Waals surface area contributed by atoms with Crippen LogP contribution in [-0.2, 0) is 0 Å². The van der Waals surface area contributed by atoms with Gasteiger partial charge in [-0.3, -0.25) is 0 Å². The summed E-state index contributed by atoms with van der Waals surface area (Å²) in [6.07, 6.45) is 0. The van der Waals surface area contributed by atoms with E-state index >= 15 is 0 Å². The van der Waals surface area contributed by atoms with Crippen molar-refractivity contribution in [1.82, 2.24) is 0 Å². The minimum absolute atomic E-state index is 0.904. The highest BCUT2D eigenvalue weighted by molar-refractivity contribution is 7.26. The minimum atomic E-state index is 0.904. The van der Waals surface area contributed by atoms with Crippen LogP contribution in [0.3, 0.4) is 0 Å². The fraction of sp³-hybridized carbons (Fsp3) is 0. The third kappa shape index (κ3) is 4.93. The molecular formula is C48H31NOS. The summed E-state index contributed by atoms with van der Waals surface area (Å²) in [4.78, 5) is 2.45. The second kappa shape index (κ2) is 12.2. The molecule has 51 heavy (non-hydrogen) atoms. The van der Waals surface area contributed by atoms with Crippen LogP contribution >= 0.6 is 11.3 Å². The molecule has 2 nitrogen and oxygen atoms in total. The molecule has 8 aromatic carbocycles. The lowest BCUT2D eigenvalue weighted by Crippen LogP contribution is -2.11. The molecule has 0 saturated carbocycles. The molecule has 2 aromatic heterocycles. The van der Waals surface area contributed by atoms with E-state index in [1.165, 1.54) is 48.0 Å². The van der Waals surface area contributed by atoms with E-state index in [-0.39, 0.29) is 0 Å². The summed E-state index contributed by atoms with van der Waals surface area (Å²) in [6.45, 7) is 0. The third-order valence-corrected chi connectivity index (χ3v) is 11.1. The molecule has 10 aromatic rings. The van der Waals surface area contributed by atoms with Gasteiger partial charge in [-0.1, -0.05) is 146 Å². The number of benzene rings is 8. The van der Waals surface area contributed by atoms with E-state index in [1.54, 1.807) is 0 Å². The van der Waals surface area contributed by atoms with E-state index in [9.17, 15) is 0 Å². The van der Waals surface area contributed by atoms with Gasteiger partial charge < -0.3 is 9.32 Å². The van der Waals surface area contributed by atoms with Gasteiger partial charge in [-0.25, -0.2) is 0 Å². The highest BCUT2D eigenvalue weighted by Crippen LogP contribution is 2.50. The van der Waals surface area contributed by atoms with Gasteiger partial charge in [0.2, 0.25) is 0 Å². The zero-order valence-corrected chi connectivity index (χ0v) is 28.5. The maximum Gasteiger partial charge on any atom is 0.136 e. The molecule has 0 aliphatic rings. The highest BCUT2D eigenvalue weighted by atomic mass is 32.1. The van der Waals surface area contributed by atoms with Crippen LogP contribution in [0.2, 0.25) is 0 Å². The maximum atomic E-state index is 6.25. The van der Waals surface area contributed by atoms with Crippen molar-refractivity contribution in [1.29, 1.82) is 0 Å². The van der Waals surface area contributed by atoms with Crippen molar-refractivity contribution in [3.63, 3.8) is 0 Å². The minimum Gasteiger partial charge on any atom is -0.456 e. The van der Waals surface area contributed by atoms with Crippen LogP contribution in [0.15, 0.2) is 192 Å². The zero-order chi connectivity index (χ0) is 33.7. The molecule has 240 valence electrons. The molecule has 0 N–H and O–H groups in total. The van der Waals surface area contributed by atoms with Gasteiger partial charge >= 0.3 is 0 Å². The average molecular weight is 670 g/mol.